The zero-order valence-electron chi connectivity index (χ0n) is 9.49. The zero-order chi connectivity index (χ0) is 12.1. The van der Waals surface area contributed by atoms with E-state index in [9.17, 15) is 5.11 Å². The number of nitrogens with one attached hydrogen (secondary N) is 1. The number of aromatic hydroxyl groups is 1. The van der Waals surface area contributed by atoms with E-state index >= 15 is 0 Å². The summed E-state index contributed by atoms with van der Waals surface area (Å²) in [6, 6.07) is 3.55. The van der Waals surface area contributed by atoms with Gasteiger partial charge in [0.15, 0.2) is 0 Å². The summed E-state index contributed by atoms with van der Waals surface area (Å²) in [6.07, 6.45) is 2.26. The number of hydrogen-bond donors (Lipinski definition) is 3. The lowest BCUT2D eigenvalue weighted by Gasteiger charge is -2.12. The summed E-state index contributed by atoms with van der Waals surface area (Å²) in [6.45, 7) is 5.28. The third-order valence-electron chi connectivity index (χ3n) is 2.44. The average molecular weight is 220 g/mol. The van der Waals surface area contributed by atoms with Gasteiger partial charge in [-0.25, -0.2) is 0 Å². The molecule has 0 unspecified atom stereocenters. The van der Waals surface area contributed by atoms with Gasteiger partial charge in [0, 0.05) is 23.9 Å². The van der Waals surface area contributed by atoms with E-state index in [2.05, 4.69) is 17.1 Å². The Balaban J connectivity index is 3.36. The van der Waals surface area contributed by atoms with Gasteiger partial charge in [-0.05, 0) is 25.5 Å². The molecule has 0 saturated carbocycles. The fourth-order valence-electron chi connectivity index (χ4n) is 1.57. The van der Waals surface area contributed by atoms with Gasteiger partial charge in [-0.2, -0.15) is 0 Å². The number of oxime groups is 1. The van der Waals surface area contributed by atoms with Gasteiger partial charge in [0.2, 0.25) is 0 Å². The van der Waals surface area contributed by atoms with Crippen molar-refractivity contribution in [3.8, 4) is 5.75 Å². The van der Waals surface area contributed by atoms with Crippen LogP contribution >= 0.6 is 0 Å². The molecule has 1 rings (SSSR count). The van der Waals surface area contributed by atoms with E-state index in [-0.39, 0.29) is 5.75 Å². The van der Waals surface area contributed by atoms with Gasteiger partial charge >= 0.3 is 0 Å². The van der Waals surface area contributed by atoms with Crippen molar-refractivity contribution in [3.05, 3.63) is 35.9 Å². The largest absolute Gasteiger partial charge is 0.507 e. The van der Waals surface area contributed by atoms with Crippen LogP contribution in [-0.4, -0.2) is 23.1 Å². The van der Waals surface area contributed by atoms with Crippen molar-refractivity contribution in [2.75, 3.05) is 12.4 Å². The number of allylic oxidation sites excluding steroid dienone is 1. The highest BCUT2D eigenvalue weighted by Crippen LogP contribution is 2.30. The second kappa shape index (κ2) is 5.21. The van der Waals surface area contributed by atoms with Crippen LogP contribution in [0, 0.1) is 0 Å². The minimum Gasteiger partial charge on any atom is -0.507 e. The molecule has 0 atom stereocenters. The van der Waals surface area contributed by atoms with Crippen LogP contribution < -0.4 is 5.32 Å². The molecular formula is C12H16N2O2. The molecule has 0 bridgehead atoms. The topological polar surface area (TPSA) is 64.9 Å². The fourth-order valence-corrected chi connectivity index (χ4v) is 1.57. The Morgan fingerprint density at radius 2 is 2.25 bits per heavy atom. The van der Waals surface area contributed by atoms with Gasteiger partial charge in [-0.3, -0.25) is 0 Å². The van der Waals surface area contributed by atoms with Gasteiger partial charge in [-0.15, -0.1) is 6.58 Å². The first-order valence-corrected chi connectivity index (χ1v) is 4.98. The maximum Gasteiger partial charge on any atom is 0.130 e. The highest BCUT2D eigenvalue weighted by atomic mass is 16.4. The molecule has 0 heterocycles. The summed E-state index contributed by atoms with van der Waals surface area (Å²) in [5, 5.41) is 24.8. The Labute approximate surface area is 94.9 Å². The molecule has 0 radical (unpaired) electrons. The summed E-state index contributed by atoms with van der Waals surface area (Å²) < 4.78 is 0. The van der Waals surface area contributed by atoms with Crippen molar-refractivity contribution >= 4 is 11.4 Å². The van der Waals surface area contributed by atoms with Crippen LogP contribution in [0.4, 0.5) is 5.69 Å². The average Bonchev–Trinajstić information content (AvgIpc) is 2.31. The highest BCUT2D eigenvalue weighted by molar-refractivity contribution is 6.01. The number of rotatable bonds is 4. The maximum atomic E-state index is 10.1. The lowest BCUT2D eigenvalue weighted by atomic mass is 10.0. The SMILES string of the molecule is C=CCc1c(NC)ccc(/C(C)=N\O)c1O. The Bertz CT molecular complexity index is 425. The molecular weight excluding hydrogens is 204 g/mol. The third kappa shape index (κ3) is 2.16. The fraction of sp³-hybridized carbons (Fsp3) is 0.250. The molecule has 3 N–H and O–H groups in total. The smallest absolute Gasteiger partial charge is 0.130 e. The van der Waals surface area contributed by atoms with Crippen LogP contribution in [0.15, 0.2) is 29.9 Å². The lowest BCUT2D eigenvalue weighted by molar-refractivity contribution is 0.318. The molecule has 86 valence electrons. The number of phenolic OH excluding ortho intramolecular Hbond substituents is 1. The zero-order valence-corrected chi connectivity index (χ0v) is 9.49. The molecule has 0 aromatic heterocycles. The minimum atomic E-state index is 0.127. The van der Waals surface area contributed by atoms with E-state index in [0.717, 1.165) is 11.3 Å². The predicted octanol–water partition coefficient (Wildman–Crippen LogP) is 2.36. The van der Waals surface area contributed by atoms with E-state index < -0.39 is 0 Å². The molecule has 0 amide bonds. The first-order chi connectivity index (χ1) is 7.65. The van der Waals surface area contributed by atoms with Crippen molar-refractivity contribution in [1.82, 2.24) is 0 Å². The maximum absolute atomic E-state index is 10.1. The number of nitrogens with zero attached hydrogens (tertiary/aromatic N) is 1. The van der Waals surface area contributed by atoms with Crippen molar-refractivity contribution < 1.29 is 10.3 Å². The Morgan fingerprint density at radius 3 is 2.75 bits per heavy atom. The van der Waals surface area contributed by atoms with Gasteiger partial charge in [0.05, 0.1) is 5.71 Å². The number of hydrogen-bond acceptors (Lipinski definition) is 4. The van der Waals surface area contributed by atoms with Crippen LogP contribution in [0.3, 0.4) is 0 Å². The predicted molar refractivity (Wildman–Crippen MR) is 65.6 cm³/mol. The Morgan fingerprint density at radius 1 is 1.56 bits per heavy atom. The van der Waals surface area contributed by atoms with E-state index in [1.165, 1.54) is 0 Å². The number of benzene rings is 1. The van der Waals surface area contributed by atoms with E-state index in [4.69, 9.17) is 5.21 Å². The van der Waals surface area contributed by atoms with Gasteiger partial charge in [-0.1, -0.05) is 11.2 Å². The second-order valence-corrected chi connectivity index (χ2v) is 3.42. The summed E-state index contributed by atoms with van der Waals surface area (Å²) in [7, 11) is 1.79. The van der Waals surface area contributed by atoms with Crippen LogP contribution in [-0.2, 0) is 6.42 Å². The summed E-state index contributed by atoms with van der Waals surface area (Å²) >= 11 is 0. The molecule has 0 spiro atoms. The van der Waals surface area contributed by atoms with Crippen molar-refractivity contribution in [2.24, 2.45) is 5.16 Å². The standard InChI is InChI=1S/C12H16N2O2/c1-4-5-10-11(13-3)7-6-9(12(10)15)8(2)14-16/h4,6-7,13,15-16H,1,5H2,2-3H3/b14-8-. The molecule has 1 aromatic carbocycles. The first-order valence-electron chi connectivity index (χ1n) is 4.98. The van der Waals surface area contributed by atoms with Crippen molar-refractivity contribution in [2.45, 2.75) is 13.3 Å². The third-order valence-corrected chi connectivity index (χ3v) is 2.44. The minimum absolute atomic E-state index is 0.127. The Hall–Kier alpha value is -1.97. The molecule has 4 heteroatoms. The van der Waals surface area contributed by atoms with Crippen LogP contribution in [0.25, 0.3) is 0 Å². The summed E-state index contributed by atoms with van der Waals surface area (Å²) in [5.74, 6) is 0.127. The lowest BCUT2D eigenvalue weighted by Crippen LogP contribution is -2.01. The van der Waals surface area contributed by atoms with E-state index in [1.807, 2.05) is 6.07 Å². The molecule has 0 aliphatic rings. The molecule has 4 nitrogen and oxygen atoms in total. The second-order valence-electron chi connectivity index (χ2n) is 3.42. The van der Waals surface area contributed by atoms with Crippen LogP contribution in [0.5, 0.6) is 5.75 Å². The first kappa shape index (κ1) is 12.1. The van der Waals surface area contributed by atoms with Gasteiger partial charge in [0.1, 0.15) is 5.75 Å². The summed E-state index contributed by atoms with van der Waals surface area (Å²) in [4.78, 5) is 0. The quantitative estimate of drug-likeness (QED) is 0.316. The van der Waals surface area contributed by atoms with E-state index in [0.29, 0.717) is 17.7 Å². The van der Waals surface area contributed by atoms with E-state index in [1.54, 1.807) is 26.1 Å². The molecule has 1 aromatic rings. The van der Waals surface area contributed by atoms with Crippen molar-refractivity contribution in [3.63, 3.8) is 0 Å². The monoisotopic (exact) mass is 220 g/mol. The normalized spacial score (nSPS) is 11.2. The molecule has 0 fully saturated rings. The van der Waals surface area contributed by atoms with Crippen LogP contribution in [0.2, 0.25) is 0 Å². The Kier molecular flexibility index (Phi) is 3.94. The van der Waals surface area contributed by atoms with Gasteiger partial charge in [0.25, 0.3) is 0 Å². The number of anilines is 1. The van der Waals surface area contributed by atoms with Gasteiger partial charge < -0.3 is 15.6 Å². The highest BCUT2D eigenvalue weighted by Gasteiger charge is 2.12. The molecule has 0 saturated heterocycles. The van der Waals surface area contributed by atoms with Crippen LogP contribution in [0.1, 0.15) is 18.1 Å². The van der Waals surface area contributed by atoms with Crippen molar-refractivity contribution in [1.29, 1.82) is 0 Å². The molecule has 0 aliphatic carbocycles. The number of phenols is 1. The molecule has 16 heavy (non-hydrogen) atoms. The summed E-state index contributed by atoms with van der Waals surface area (Å²) in [5.41, 5.74) is 2.49. The molecule has 0 aliphatic heterocycles.